The van der Waals surface area contributed by atoms with E-state index in [9.17, 15) is 4.79 Å². The van der Waals surface area contributed by atoms with Crippen molar-refractivity contribution in [3.8, 4) is 0 Å². The molecular formula is C50H94N2O3. The Balaban J connectivity index is 2.19. The molecule has 5 nitrogen and oxygen atoms in total. The zero-order valence-corrected chi connectivity index (χ0v) is 37.2. The molecule has 1 aliphatic heterocycles. The molecule has 1 fully saturated rings. The predicted octanol–water partition coefficient (Wildman–Crippen LogP) is 15.2. The van der Waals surface area contributed by atoms with Gasteiger partial charge < -0.3 is 19.3 Å². The molecule has 55 heavy (non-hydrogen) atoms. The molecule has 1 aliphatic rings. The normalized spacial score (nSPS) is 15.0. The number of allylic oxidation sites excluding steroid dienone is 6. The molecule has 1 atom stereocenters. The second kappa shape index (κ2) is 42.0. The monoisotopic (exact) mass is 771 g/mol. The van der Waals surface area contributed by atoms with Gasteiger partial charge in [-0.3, -0.25) is 0 Å². The predicted molar refractivity (Wildman–Crippen MR) is 241 cm³/mol. The summed E-state index contributed by atoms with van der Waals surface area (Å²) in [6, 6.07) is 0. The van der Waals surface area contributed by atoms with Gasteiger partial charge in [0.1, 0.15) is 0 Å². The average molecular weight is 771 g/mol. The number of hydrogen-bond acceptors (Lipinski definition) is 4. The highest BCUT2D eigenvalue weighted by molar-refractivity contribution is 5.67. The number of nitrogens with zero attached hydrogens (tertiary/aromatic N) is 2. The topological polar surface area (TPSA) is 42.0 Å². The van der Waals surface area contributed by atoms with Gasteiger partial charge in [0.25, 0.3) is 0 Å². The van der Waals surface area contributed by atoms with Gasteiger partial charge in [-0.05, 0) is 109 Å². The minimum atomic E-state index is -0.148. The van der Waals surface area contributed by atoms with Crippen molar-refractivity contribution in [2.45, 2.75) is 220 Å². The number of likely N-dealkylation sites (tertiary alicyclic amines) is 1. The lowest BCUT2D eigenvalue weighted by Crippen LogP contribution is -2.36. The van der Waals surface area contributed by atoms with E-state index in [1.807, 2.05) is 4.90 Å². The van der Waals surface area contributed by atoms with Gasteiger partial charge in [0.15, 0.2) is 0 Å². The summed E-state index contributed by atoms with van der Waals surface area (Å²) in [7, 11) is 0. The Morgan fingerprint density at radius 2 is 1.09 bits per heavy atom. The first-order valence-electron chi connectivity index (χ1n) is 24.3. The van der Waals surface area contributed by atoms with E-state index in [1.165, 1.54) is 186 Å². The second-order valence-electron chi connectivity index (χ2n) is 16.8. The van der Waals surface area contributed by atoms with Gasteiger partial charge in [-0.15, -0.1) is 0 Å². The zero-order valence-electron chi connectivity index (χ0n) is 37.2. The highest BCUT2D eigenvalue weighted by Crippen LogP contribution is 2.16. The van der Waals surface area contributed by atoms with E-state index < -0.39 is 0 Å². The van der Waals surface area contributed by atoms with Crippen LogP contribution in [-0.4, -0.2) is 68.4 Å². The van der Waals surface area contributed by atoms with Crippen LogP contribution in [0, 0.1) is 5.92 Å². The third kappa shape index (κ3) is 36.5. The number of rotatable bonds is 38. The van der Waals surface area contributed by atoms with Gasteiger partial charge in [0, 0.05) is 26.2 Å². The van der Waals surface area contributed by atoms with Gasteiger partial charge in [0.05, 0.1) is 13.2 Å². The summed E-state index contributed by atoms with van der Waals surface area (Å²) in [6.07, 6.45) is 53.4. The first-order valence-corrected chi connectivity index (χ1v) is 24.3. The van der Waals surface area contributed by atoms with E-state index in [-0.39, 0.29) is 6.09 Å². The highest BCUT2D eigenvalue weighted by atomic mass is 16.6. The highest BCUT2D eigenvalue weighted by Gasteiger charge is 2.15. The fraction of sp³-hybridized carbons (Fsp3) is 0.860. The fourth-order valence-corrected chi connectivity index (χ4v) is 7.61. The molecule has 0 saturated carbocycles. The summed E-state index contributed by atoms with van der Waals surface area (Å²) < 4.78 is 11.8. The van der Waals surface area contributed by atoms with Crippen molar-refractivity contribution in [3.05, 3.63) is 36.5 Å². The summed E-state index contributed by atoms with van der Waals surface area (Å²) in [6.45, 7) is 13.7. The minimum Gasteiger partial charge on any atom is -0.449 e. The van der Waals surface area contributed by atoms with Crippen molar-refractivity contribution in [2.75, 3.05) is 52.5 Å². The molecule has 0 radical (unpaired) electrons. The molecule has 0 aliphatic carbocycles. The smallest absolute Gasteiger partial charge is 0.409 e. The lowest BCUT2D eigenvalue weighted by Gasteiger charge is -2.25. The fourth-order valence-electron chi connectivity index (χ4n) is 7.61. The summed E-state index contributed by atoms with van der Waals surface area (Å²) in [5, 5.41) is 0. The van der Waals surface area contributed by atoms with Gasteiger partial charge in [-0.2, -0.15) is 0 Å². The molecule has 0 aromatic rings. The Morgan fingerprint density at radius 3 is 1.76 bits per heavy atom. The second-order valence-corrected chi connectivity index (χ2v) is 16.8. The van der Waals surface area contributed by atoms with Crippen LogP contribution >= 0.6 is 0 Å². The Labute approximate surface area is 343 Å². The standard InChI is InChI=1S/C50H94N2O3/c1-4-6-8-9-10-11-12-13-14-15-16-18-21-24-30-36-44-52(50(53)55-47-38-43-51-41-34-28-26-29-35-42-51)45-48-54-46-37-31-25-22-19-17-20-23-27-33-40-49(3)39-32-7-5-2/h10-11,13-14,23,27,49H,4-9,12,15-22,24-26,28-48H2,1-3H3/b11-10-,14-13-,27-23-. The van der Waals surface area contributed by atoms with E-state index in [0.717, 1.165) is 51.3 Å². The molecule has 1 rings (SSSR count). The molecular weight excluding hydrogens is 677 g/mol. The summed E-state index contributed by atoms with van der Waals surface area (Å²) in [5.41, 5.74) is 0. The maximum Gasteiger partial charge on any atom is 0.409 e. The Kier molecular flexibility index (Phi) is 39.3. The molecule has 0 aromatic carbocycles. The van der Waals surface area contributed by atoms with E-state index in [1.54, 1.807) is 0 Å². The molecule has 322 valence electrons. The van der Waals surface area contributed by atoms with E-state index in [4.69, 9.17) is 9.47 Å². The Bertz CT molecular complexity index is 878. The number of unbranched alkanes of at least 4 members (excludes halogenated alkanes) is 17. The van der Waals surface area contributed by atoms with Crippen molar-refractivity contribution in [1.82, 2.24) is 9.80 Å². The zero-order chi connectivity index (χ0) is 39.5. The van der Waals surface area contributed by atoms with Crippen LogP contribution in [0.25, 0.3) is 0 Å². The van der Waals surface area contributed by atoms with Gasteiger partial charge in [0.2, 0.25) is 0 Å². The van der Waals surface area contributed by atoms with Crippen molar-refractivity contribution in [1.29, 1.82) is 0 Å². The van der Waals surface area contributed by atoms with Crippen molar-refractivity contribution < 1.29 is 14.3 Å². The van der Waals surface area contributed by atoms with Crippen LogP contribution in [-0.2, 0) is 9.47 Å². The molecule has 1 heterocycles. The molecule has 1 saturated heterocycles. The third-order valence-corrected chi connectivity index (χ3v) is 11.4. The SMILES string of the molecule is CCCCC/C=C\C/C=C\CCCCCCCCN(CCOCCCCCCCC/C=C\CCC(C)CCCCC)C(=O)OCCCN1CCCCCCC1. The van der Waals surface area contributed by atoms with E-state index in [0.29, 0.717) is 19.8 Å². The largest absolute Gasteiger partial charge is 0.449 e. The van der Waals surface area contributed by atoms with Crippen LogP contribution < -0.4 is 0 Å². The summed E-state index contributed by atoms with van der Waals surface area (Å²) in [4.78, 5) is 17.6. The first kappa shape index (κ1) is 51.4. The van der Waals surface area contributed by atoms with Crippen molar-refractivity contribution in [2.24, 2.45) is 5.92 Å². The van der Waals surface area contributed by atoms with Crippen molar-refractivity contribution in [3.63, 3.8) is 0 Å². The number of carbonyl (C=O) groups excluding carboxylic acids is 1. The van der Waals surface area contributed by atoms with E-state index in [2.05, 4.69) is 62.1 Å². The van der Waals surface area contributed by atoms with E-state index >= 15 is 0 Å². The first-order chi connectivity index (χ1) is 27.2. The van der Waals surface area contributed by atoms with Crippen LogP contribution in [0.5, 0.6) is 0 Å². The van der Waals surface area contributed by atoms with Gasteiger partial charge in [-0.25, -0.2) is 4.79 Å². The molecule has 0 N–H and O–H groups in total. The molecule has 1 amide bonds. The number of amides is 1. The molecule has 5 heteroatoms. The molecule has 0 aromatic heterocycles. The quantitative estimate of drug-likeness (QED) is 0.0463. The van der Waals surface area contributed by atoms with Crippen LogP contribution in [0.2, 0.25) is 0 Å². The average Bonchev–Trinajstić information content (AvgIpc) is 3.17. The maximum atomic E-state index is 13.1. The van der Waals surface area contributed by atoms with Crippen LogP contribution in [0.15, 0.2) is 36.5 Å². The maximum absolute atomic E-state index is 13.1. The molecule has 0 spiro atoms. The lowest BCUT2D eigenvalue weighted by molar-refractivity contribution is 0.0707. The summed E-state index contributed by atoms with van der Waals surface area (Å²) in [5.74, 6) is 0.875. The number of ether oxygens (including phenoxy) is 2. The van der Waals surface area contributed by atoms with Gasteiger partial charge in [-0.1, -0.05) is 166 Å². The van der Waals surface area contributed by atoms with Crippen LogP contribution in [0.1, 0.15) is 220 Å². The number of carbonyl (C=O) groups is 1. The number of hydrogen-bond donors (Lipinski definition) is 0. The van der Waals surface area contributed by atoms with Crippen LogP contribution in [0.3, 0.4) is 0 Å². The molecule has 0 bridgehead atoms. The van der Waals surface area contributed by atoms with Crippen LogP contribution in [0.4, 0.5) is 4.79 Å². The third-order valence-electron chi connectivity index (χ3n) is 11.4. The molecule has 1 unspecified atom stereocenters. The Morgan fingerprint density at radius 1 is 0.545 bits per heavy atom. The summed E-state index contributed by atoms with van der Waals surface area (Å²) >= 11 is 0. The van der Waals surface area contributed by atoms with Crippen molar-refractivity contribution >= 4 is 6.09 Å². The van der Waals surface area contributed by atoms with Gasteiger partial charge >= 0.3 is 6.09 Å². The minimum absolute atomic E-state index is 0.148. The Hall–Kier alpha value is -1.59. The lowest BCUT2D eigenvalue weighted by atomic mass is 9.98.